The number of nitrogens with zero attached hydrogens (tertiary/aromatic N) is 4. The Kier molecular flexibility index (Phi) is 6.68. The van der Waals surface area contributed by atoms with E-state index in [-0.39, 0.29) is 5.91 Å². The maximum absolute atomic E-state index is 12.0. The highest BCUT2D eigenvalue weighted by Crippen LogP contribution is 2.17. The average molecular weight is 358 g/mol. The van der Waals surface area contributed by atoms with Crippen molar-refractivity contribution in [2.24, 2.45) is 4.99 Å². The molecule has 7 heteroatoms. The third kappa shape index (κ3) is 5.09. The molecular formula is C19H30N6O. The third-order valence-corrected chi connectivity index (χ3v) is 5.12. The maximum Gasteiger partial charge on any atom is 0.221 e. The van der Waals surface area contributed by atoms with E-state index in [4.69, 9.17) is 0 Å². The lowest BCUT2D eigenvalue weighted by molar-refractivity contribution is -0.121. The van der Waals surface area contributed by atoms with Crippen LogP contribution in [0.4, 0.5) is 5.82 Å². The standard InChI is InChI=1S/C19H30N6O/c1-20-19(22-11-9-18(26)23-16-6-2-3-7-16)25-14-12-24(13-15-25)17-8-4-5-10-21-17/h4-5,8,10,16H,2-3,6-7,9,11-15H2,1H3,(H,20,22)(H,23,26). The van der Waals surface area contributed by atoms with Crippen molar-refractivity contribution < 1.29 is 4.79 Å². The summed E-state index contributed by atoms with van der Waals surface area (Å²) in [5.74, 6) is 2.04. The highest BCUT2D eigenvalue weighted by atomic mass is 16.1. The molecule has 1 aliphatic carbocycles. The van der Waals surface area contributed by atoms with Crippen LogP contribution in [0.15, 0.2) is 29.4 Å². The van der Waals surface area contributed by atoms with Crippen molar-refractivity contribution >= 4 is 17.7 Å². The van der Waals surface area contributed by atoms with Crippen LogP contribution in [0.5, 0.6) is 0 Å². The molecule has 0 atom stereocenters. The van der Waals surface area contributed by atoms with Crippen LogP contribution >= 0.6 is 0 Å². The molecule has 2 fully saturated rings. The zero-order valence-corrected chi connectivity index (χ0v) is 15.7. The monoisotopic (exact) mass is 358 g/mol. The molecule has 0 radical (unpaired) electrons. The fraction of sp³-hybridized carbons (Fsp3) is 0.632. The van der Waals surface area contributed by atoms with Gasteiger partial charge in [0.15, 0.2) is 5.96 Å². The second-order valence-corrected chi connectivity index (χ2v) is 6.93. The first-order chi connectivity index (χ1) is 12.8. The van der Waals surface area contributed by atoms with E-state index in [0.717, 1.165) is 50.8 Å². The molecular weight excluding hydrogens is 328 g/mol. The molecule has 0 aromatic carbocycles. The largest absolute Gasteiger partial charge is 0.356 e. The number of nitrogens with one attached hydrogen (secondary N) is 2. The van der Waals surface area contributed by atoms with Gasteiger partial charge in [0.1, 0.15) is 5.82 Å². The number of piperazine rings is 1. The van der Waals surface area contributed by atoms with E-state index in [2.05, 4.69) is 30.4 Å². The van der Waals surface area contributed by atoms with Gasteiger partial charge in [0.25, 0.3) is 0 Å². The summed E-state index contributed by atoms with van der Waals surface area (Å²) in [4.78, 5) is 25.4. The van der Waals surface area contributed by atoms with E-state index in [1.807, 2.05) is 24.4 Å². The first kappa shape index (κ1) is 18.5. The van der Waals surface area contributed by atoms with Crippen LogP contribution in [0.1, 0.15) is 32.1 Å². The van der Waals surface area contributed by atoms with E-state index >= 15 is 0 Å². The van der Waals surface area contributed by atoms with Crippen molar-refractivity contribution in [3.8, 4) is 0 Å². The molecule has 1 aliphatic heterocycles. The molecule has 142 valence electrons. The van der Waals surface area contributed by atoms with Gasteiger partial charge >= 0.3 is 0 Å². The van der Waals surface area contributed by atoms with Crippen LogP contribution in [0.2, 0.25) is 0 Å². The first-order valence-electron chi connectivity index (χ1n) is 9.67. The third-order valence-electron chi connectivity index (χ3n) is 5.12. The minimum atomic E-state index is 0.139. The fourth-order valence-electron chi connectivity index (χ4n) is 3.68. The first-order valence-corrected chi connectivity index (χ1v) is 9.67. The van der Waals surface area contributed by atoms with Gasteiger partial charge in [-0.1, -0.05) is 18.9 Å². The average Bonchev–Trinajstić information content (AvgIpc) is 3.19. The quantitative estimate of drug-likeness (QED) is 0.612. The van der Waals surface area contributed by atoms with Gasteiger partial charge in [0.2, 0.25) is 5.91 Å². The Morgan fingerprint density at radius 1 is 1.23 bits per heavy atom. The van der Waals surface area contributed by atoms with E-state index in [9.17, 15) is 4.79 Å². The summed E-state index contributed by atoms with van der Waals surface area (Å²) < 4.78 is 0. The molecule has 7 nitrogen and oxygen atoms in total. The molecule has 0 spiro atoms. The SMILES string of the molecule is CN=C(NCCC(=O)NC1CCCC1)N1CCN(c2ccccn2)CC1. The number of aromatic nitrogens is 1. The van der Waals surface area contributed by atoms with Crippen molar-refractivity contribution in [1.82, 2.24) is 20.5 Å². The zero-order valence-electron chi connectivity index (χ0n) is 15.7. The van der Waals surface area contributed by atoms with Crippen molar-refractivity contribution in [3.63, 3.8) is 0 Å². The number of anilines is 1. The minimum Gasteiger partial charge on any atom is -0.356 e. The van der Waals surface area contributed by atoms with Crippen LogP contribution in [0.25, 0.3) is 0 Å². The molecule has 0 bridgehead atoms. The normalized spacial score (nSPS) is 18.9. The zero-order chi connectivity index (χ0) is 18.2. The molecule has 1 saturated heterocycles. The summed E-state index contributed by atoms with van der Waals surface area (Å²) in [5.41, 5.74) is 0. The summed E-state index contributed by atoms with van der Waals surface area (Å²) in [6.45, 7) is 4.24. The number of carbonyl (C=O) groups is 1. The number of amides is 1. The molecule has 1 aromatic heterocycles. The predicted molar refractivity (Wildman–Crippen MR) is 104 cm³/mol. The van der Waals surface area contributed by atoms with Crippen molar-refractivity contribution in [3.05, 3.63) is 24.4 Å². The summed E-state index contributed by atoms with van der Waals surface area (Å²) in [6, 6.07) is 6.40. The number of hydrogen-bond acceptors (Lipinski definition) is 4. The van der Waals surface area contributed by atoms with Crippen LogP contribution in [-0.4, -0.2) is 67.6 Å². The van der Waals surface area contributed by atoms with Crippen LogP contribution in [0, 0.1) is 0 Å². The Hall–Kier alpha value is -2.31. The van der Waals surface area contributed by atoms with E-state index in [0.29, 0.717) is 19.0 Å². The van der Waals surface area contributed by atoms with Gasteiger partial charge in [-0.25, -0.2) is 4.98 Å². The van der Waals surface area contributed by atoms with Crippen molar-refractivity contribution in [1.29, 1.82) is 0 Å². The summed E-state index contributed by atoms with van der Waals surface area (Å²) in [7, 11) is 1.80. The Bertz CT molecular complexity index is 591. The predicted octanol–water partition coefficient (Wildman–Crippen LogP) is 1.23. The van der Waals surface area contributed by atoms with Crippen LogP contribution in [-0.2, 0) is 4.79 Å². The summed E-state index contributed by atoms with van der Waals surface area (Å²) >= 11 is 0. The van der Waals surface area contributed by atoms with Gasteiger partial charge in [0.05, 0.1) is 0 Å². The number of rotatable bonds is 5. The number of pyridine rings is 1. The fourth-order valence-corrected chi connectivity index (χ4v) is 3.68. The molecule has 2 heterocycles. The second kappa shape index (κ2) is 9.40. The molecule has 26 heavy (non-hydrogen) atoms. The van der Waals surface area contributed by atoms with Gasteiger partial charge < -0.3 is 20.4 Å². The number of guanidine groups is 1. The van der Waals surface area contributed by atoms with E-state index in [1.54, 1.807) is 7.05 Å². The Morgan fingerprint density at radius 2 is 2.00 bits per heavy atom. The van der Waals surface area contributed by atoms with Gasteiger partial charge in [-0.2, -0.15) is 0 Å². The summed E-state index contributed by atoms with van der Waals surface area (Å²) in [6.07, 6.45) is 7.05. The Balaban J connectivity index is 1.38. The topological polar surface area (TPSA) is 72.9 Å². The van der Waals surface area contributed by atoms with E-state index < -0.39 is 0 Å². The lowest BCUT2D eigenvalue weighted by Gasteiger charge is -2.37. The van der Waals surface area contributed by atoms with Crippen LogP contribution < -0.4 is 15.5 Å². The molecule has 0 unspecified atom stereocenters. The maximum atomic E-state index is 12.0. The highest BCUT2D eigenvalue weighted by Gasteiger charge is 2.21. The molecule has 1 saturated carbocycles. The van der Waals surface area contributed by atoms with E-state index in [1.165, 1.54) is 12.8 Å². The lowest BCUT2D eigenvalue weighted by Crippen LogP contribution is -2.53. The highest BCUT2D eigenvalue weighted by molar-refractivity contribution is 5.81. The number of carbonyl (C=O) groups excluding carboxylic acids is 1. The van der Waals surface area contributed by atoms with Crippen LogP contribution in [0.3, 0.4) is 0 Å². The van der Waals surface area contributed by atoms with Gasteiger partial charge in [-0.05, 0) is 25.0 Å². The molecule has 2 N–H and O–H groups in total. The summed E-state index contributed by atoms with van der Waals surface area (Å²) in [5, 5.41) is 6.46. The molecule has 3 rings (SSSR count). The second-order valence-electron chi connectivity index (χ2n) is 6.93. The smallest absolute Gasteiger partial charge is 0.221 e. The van der Waals surface area contributed by atoms with Gasteiger partial charge in [0, 0.05) is 58.4 Å². The number of aliphatic imine (C=N–C) groups is 1. The Labute approximate surface area is 155 Å². The van der Waals surface area contributed by atoms with Crippen molar-refractivity contribution in [2.75, 3.05) is 44.7 Å². The van der Waals surface area contributed by atoms with Gasteiger partial charge in [-0.3, -0.25) is 9.79 Å². The van der Waals surface area contributed by atoms with Crippen molar-refractivity contribution in [2.45, 2.75) is 38.1 Å². The lowest BCUT2D eigenvalue weighted by atomic mass is 10.2. The van der Waals surface area contributed by atoms with Gasteiger partial charge in [-0.15, -0.1) is 0 Å². The molecule has 1 aromatic rings. The Morgan fingerprint density at radius 3 is 2.65 bits per heavy atom. The minimum absolute atomic E-state index is 0.139. The molecule has 2 aliphatic rings. The molecule has 1 amide bonds. The number of hydrogen-bond donors (Lipinski definition) is 2.